The molecule has 80 valence electrons. The monoisotopic (exact) mass is 240 g/mol. The first-order valence-electron chi connectivity index (χ1n) is 4.25. The summed E-state index contributed by atoms with van der Waals surface area (Å²) in [5.74, 6) is 0.214. The van der Waals surface area contributed by atoms with E-state index >= 15 is 0 Å². The van der Waals surface area contributed by atoms with Crippen molar-refractivity contribution in [3.05, 3.63) is 29.8 Å². The Labute approximate surface area is 97.7 Å². The second-order valence-electron chi connectivity index (χ2n) is 2.58. The lowest BCUT2D eigenvalue weighted by Crippen LogP contribution is -1.83. The van der Waals surface area contributed by atoms with Gasteiger partial charge in [0.2, 0.25) is 0 Å². The van der Waals surface area contributed by atoms with E-state index in [-0.39, 0.29) is 5.75 Å². The first-order valence-corrected chi connectivity index (χ1v) is 6.70. The molecule has 0 amide bonds. The number of nitrogens with zero attached hydrogens (tertiary/aromatic N) is 2. The van der Waals surface area contributed by atoms with Crippen LogP contribution in [0.25, 0.3) is 0 Å². The SMILES string of the molecule is CSC(=N/N=C/c1ccccc1O)SC. The minimum atomic E-state index is 0.214. The van der Waals surface area contributed by atoms with Gasteiger partial charge in [0.25, 0.3) is 0 Å². The van der Waals surface area contributed by atoms with Gasteiger partial charge < -0.3 is 5.11 Å². The van der Waals surface area contributed by atoms with Crippen molar-refractivity contribution in [3.63, 3.8) is 0 Å². The maximum Gasteiger partial charge on any atom is 0.152 e. The van der Waals surface area contributed by atoms with Gasteiger partial charge in [0, 0.05) is 5.56 Å². The van der Waals surface area contributed by atoms with E-state index in [4.69, 9.17) is 0 Å². The zero-order valence-electron chi connectivity index (χ0n) is 8.54. The van der Waals surface area contributed by atoms with Crippen LogP contribution in [0.3, 0.4) is 0 Å². The van der Waals surface area contributed by atoms with Crippen LogP contribution in [-0.2, 0) is 0 Å². The molecule has 5 heteroatoms. The highest BCUT2D eigenvalue weighted by Crippen LogP contribution is 2.14. The fraction of sp³-hybridized carbons (Fsp3) is 0.200. The van der Waals surface area contributed by atoms with E-state index < -0.39 is 0 Å². The molecular weight excluding hydrogens is 228 g/mol. The van der Waals surface area contributed by atoms with Gasteiger partial charge in [-0.15, -0.1) is 28.6 Å². The average molecular weight is 240 g/mol. The molecule has 3 nitrogen and oxygen atoms in total. The molecule has 0 aliphatic heterocycles. The summed E-state index contributed by atoms with van der Waals surface area (Å²) in [4.78, 5) is 0. The quantitative estimate of drug-likeness (QED) is 0.491. The molecular formula is C10H12N2OS2. The van der Waals surface area contributed by atoms with Crippen molar-refractivity contribution >= 4 is 34.1 Å². The number of phenols is 1. The predicted molar refractivity (Wildman–Crippen MR) is 70.2 cm³/mol. The Kier molecular flexibility index (Phi) is 5.28. The van der Waals surface area contributed by atoms with Gasteiger partial charge in [0.15, 0.2) is 4.38 Å². The third kappa shape index (κ3) is 3.97. The van der Waals surface area contributed by atoms with E-state index in [1.54, 1.807) is 47.9 Å². The van der Waals surface area contributed by atoms with Crippen molar-refractivity contribution in [1.29, 1.82) is 0 Å². The molecule has 0 unspecified atom stereocenters. The van der Waals surface area contributed by atoms with Gasteiger partial charge in [0.05, 0.1) is 6.21 Å². The fourth-order valence-corrected chi connectivity index (χ4v) is 1.82. The molecule has 0 saturated heterocycles. The molecule has 0 aromatic heterocycles. The van der Waals surface area contributed by atoms with Crippen molar-refractivity contribution in [2.75, 3.05) is 12.5 Å². The fourth-order valence-electron chi connectivity index (χ4n) is 0.900. The molecule has 15 heavy (non-hydrogen) atoms. The van der Waals surface area contributed by atoms with Crippen molar-refractivity contribution < 1.29 is 5.11 Å². The molecule has 0 bridgehead atoms. The van der Waals surface area contributed by atoms with Gasteiger partial charge in [-0.2, -0.15) is 5.10 Å². The van der Waals surface area contributed by atoms with Crippen LogP contribution in [0.2, 0.25) is 0 Å². The minimum Gasteiger partial charge on any atom is -0.507 e. The number of rotatable bonds is 2. The Morgan fingerprint density at radius 1 is 1.27 bits per heavy atom. The lowest BCUT2D eigenvalue weighted by Gasteiger charge is -1.95. The average Bonchev–Trinajstić information content (AvgIpc) is 2.27. The van der Waals surface area contributed by atoms with E-state index in [0.717, 1.165) is 4.38 Å². The molecule has 1 aromatic carbocycles. The van der Waals surface area contributed by atoms with Crippen LogP contribution in [0.15, 0.2) is 34.5 Å². The summed E-state index contributed by atoms with van der Waals surface area (Å²) >= 11 is 3.09. The van der Waals surface area contributed by atoms with E-state index in [2.05, 4.69) is 10.2 Å². The Balaban J connectivity index is 2.74. The summed E-state index contributed by atoms with van der Waals surface area (Å²) in [5.41, 5.74) is 0.669. The Morgan fingerprint density at radius 3 is 2.53 bits per heavy atom. The molecule has 0 aliphatic rings. The van der Waals surface area contributed by atoms with E-state index in [0.29, 0.717) is 5.56 Å². The Hall–Kier alpha value is -0.940. The summed E-state index contributed by atoms with van der Waals surface area (Å²) in [6.45, 7) is 0. The first-order chi connectivity index (χ1) is 7.27. The van der Waals surface area contributed by atoms with Gasteiger partial charge in [-0.1, -0.05) is 12.1 Å². The molecule has 0 aliphatic carbocycles. The summed E-state index contributed by atoms with van der Waals surface area (Å²) in [6, 6.07) is 7.02. The molecule has 0 spiro atoms. The van der Waals surface area contributed by atoms with Crippen LogP contribution in [0.5, 0.6) is 5.75 Å². The van der Waals surface area contributed by atoms with Crippen molar-refractivity contribution in [2.24, 2.45) is 10.2 Å². The lowest BCUT2D eigenvalue weighted by molar-refractivity contribution is 0.474. The molecule has 1 N–H and O–H groups in total. The largest absolute Gasteiger partial charge is 0.507 e. The van der Waals surface area contributed by atoms with Gasteiger partial charge in [-0.05, 0) is 24.6 Å². The maximum atomic E-state index is 9.44. The van der Waals surface area contributed by atoms with E-state index in [1.165, 1.54) is 0 Å². The Morgan fingerprint density at radius 2 is 1.93 bits per heavy atom. The third-order valence-corrected chi connectivity index (χ3v) is 3.48. The van der Waals surface area contributed by atoms with Crippen molar-refractivity contribution in [2.45, 2.75) is 0 Å². The number of para-hydroxylation sites is 1. The first kappa shape index (κ1) is 12.1. The highest BCUT2D eigenvalue weighted by Gasteiger charge is 1.94. The number of hydrogen-bond acceptors (Lipinski definition) is 5. The Bertz CT molecular complexity index is 371. The second-order valence-corrected chi connectivity index (χ2v) is 4.43. The van der Waals surface area contributed by atoms with Gasteiger partial charge in [-0.3, -0.25) is 0 Å². The summed E-state index contributed by atoms with van der Waals surface area (Å²) < 4.78 is 0.890. The number of benzene rings is 1. The minimum absolute atomic E-state index is 0.214. The second kappa shape index (κ2) is 6.53. The van der Waals surface area contributed by atoms with Crippen molar-refractivity contribution in [3.8, 4) is 5.75 Å². The van der Waals surface area contributed by atoms with Gasteiger partial charge in [-0.25, -0.2) is 0 Å². The standard InChI is InChI=1S/C10H12N2OS2/c1-14-10(15-2)12-11-7-8-5-3-4-6-9(8)13/h3-7,13H,1-2H3/b11-7+. The van der Waals surface area contributed by atoms with Crippen molar-refractivity contribution in [1.82, 2.24) is 0 Å². The number of phenolic OH excluding ortho intramolecular Hbond substituents is 1. The molecule has 1 aromatic rings. The highest BCUT2D eigenvalue weighted by atomic mass is 32.2. The van der Waals surface area contributed by atoms with Crippen LogP contribution < -0.4 is 0 Å². The maximum absolute atomic E-state index is 9.44. The lowest BCUT2D eigenvalue weighted by atomic mass is 10.2. The molecule has 1 rings (SSSR count). The van der Waals surface area contributed by atoms with Gasteiger partial charge >= 0.3 is 0 Å². The molecule has 0 saturated carbocycles. The third-order valence-electron chi connectivity index (χ3n) is 1.62. The number of aromatic hydroxyl groups is 1. The van der Waals surface area contributed by atoms with Crippen LogP contribution in [0.1, 0.15) is 5.56 Å². The number of hydrogen-bond donors (Lipinski definition) is 1. The van der Waals surface area contributed by atoms with Crippen LogP contribution >= 0.6 is 23.5 Å². The summed E-state index contributed by atoms with van der Waals surface area (Å²) in [6.07, 6.45) is 5.44. The van der Waals surface area contributed by atoms with E-state index in [9.17, 15) is 5.11 Å². The number of thioether (sulfide) groups is 2. The topological polar surface area (TPSA) is 45.0 Å². The highest BCUT2D eigenvalue weighted by molar-refractivity contribution is 8.38. The summed E-state index contributed by atoms with van der Waals surface area (Å²) in [5, 5.41) is 17.3. The predicted octanol–water partition coefficient (Wildman–Crippen LogP) is 2.81. The molecule has 0 heterocycles. The van der Waals surface area contributed by atoms with Gasteiger partial charge in [0.1, 0.15) is 5.75 Å². The zero-order valence-corrected chi connectivity index (χ0v) is 10.2. The van der Waals surface area contributed by atoms with Crippen LogP contribution in [0, 0.1) is 0 Å². The van der Waals surface area contributed by atoms with E-state index in [1.807, 2.05) is 18.6 Å². The summed E-state index contributed by atoms with van der Waals surface area (Å²) in [7, 11) is 0. The molecule has 0 fully saturated rings. The normalized spacial score (nSPS) is 10.5. The zero-order chi connectivity index (χ0) is 11.1. The van der Waals surface area contributed by atoms with Crippen LogP contribution in [-0.4, -0.2) is 28.2 Å². The molecule has 0 radical (unpaired) electrons. The van der Waals surface area contributed by atoms with Crippen LogP contribution in [0.4, 0.5) is 0 Å². The smallest absolute Gasteiger partial charge is 0.152 e. The molecule has 0 atom stereocenters.